The van der Waals surface area contributed by atoms with Gasteiger partial charge in [0, 0.05) is 33.1 Å². The Kier molecular flexibility index (Phi) is 4.82. The predicted molar refractivity (Wildman–Crippen MR) is 86.3 cm³/mol. The Morgan fingerprint density at radius 2 is 2.00 bits per heavy atom. The lowest BCUT2D eigenvalue weighted by atomic mass is 10.1. The molecule has 0 spiro atoms. The van der Waals surface area contributed by atoms with Crippen LogP contribution in [0.1, 0.15) is 35.1 Å². The fourth-order valence-electron chi connectivity index (χ4n) is 2.78. The summed E-state index contributed by atoms with van der Waals surface area (Å²) in [7, 11) is 0. The van der Waals surface area contributed by atoms with E-state index in [1.807, 2.05) is 6.92 Å². The van der Waals surface area contributed by atoms with Crippen LogP contribution in [0.3, 0.4) is 0 Å². The Labute approximate surface area is 144 Å². The zero-order chi connectivity index (χ0) is 17.3. The third-order valence-electron chi connectivity index (χ3n) is 4.21. The molecule has 1 unspecified atom stereocenters. The van der Waals surface area contributed by atoms with Gasteiger partial charge in [-0.1, -0.05) is 11.6 Å². The third kappa shape index (κ3) is 3.42. The first-order valence-corrected chi connectivity index (χ1v) is 8.12. The highest BCUT2D eigenvalue weighted by atomic mass is 35.5. The fourth-order valence-corrected chi connectivity index (χ4v) is 3.03. The molecule has 0 bridgehead atoms. The second kappa shape index (κ2) is 6.86. The average molecular weight is 353 g/mol. The molecule has 8 heteroatoms. The Bertz CT molecular complexity index is 743. The van der Waals surface area contributed by atoms with Gasteiger partial charge in [-0.05, 0) is 25.1 Å². The number of hydrogen-bond acceptors (Lipinski definition) is 5. The molecule has 1 amide bonds. The van der Waals surface area contributed by atoms with Gasteiger partial charge in [-0.3, -0.25) is 9.69 Å². The van der Waals surface area contributed by atoms with Crippen LogP contribution in [0, 0.1) is 12.7 Å². The van der Waals surface area contributed by atoms with Crippen molar-refractivity contribution in [2.45, 2.75) is 19.9 Å². The molecule has 0 radical (unpaired) electrons. The van der Waals surface area contributed by atoms with Crippen LogP contribution >= 0.6 is 11.6 Å². The fraction of sp³-hybridized carbons (Fsp3) is 0.438. The summed E-state index contributed by atoms with van der Waals surface area (Å²) in [6.45, 7) is 6.25. The van der Waals surface area contributed by atoms with Crippen molar-refractivity contribution in [2.24, 2.45) is 0 Å². The third-order valence-corrected chi connectivity index (χ3v) is 4.52. The lowest BCUT2D eigenvalue weighted by Crippen LogP contribution is -2.49. The van der Waals surface area contributed by atoms with Crippen LogP contribution < -0.4 is 0 Å². The van der Waals surface area contributed by atoms with E-state index in [-0.39, 0.29) is 17.0 Å². The van der Waals surface area contributed by atoms with E-state index in [0.29, 0.717) is 43.5 Å². The number of hydrogen-bond donors (Lipinski definition) is 0. The van der Waals surface area contributed by atoms with Gasteiger partial charge >= 0.3 is 0 Å². The summed E-state index contributed by atoms with van der Waals surface area (Å²) in [5, 5.41) is 8.04. The average Bonchev–Trinajstić information content (AvgIpc) is 3.00. The Hall–Kier alpha value is -1.99. The van der Waals surface area contributed by atoms with Crippen LogP contribution in [0.5, 0.6) is 0 Å². The van der Waals surface area contributed by atoms with Gasteiger partial charge in [0.1, 0.15) is 5.82 Å². The number of aromatic nitrogens is 2. The number of halogens is 2. The SMILES string of the molecule is Cc1nnc(C(C)N2CCN(C(=O)c3ccc(F)cc3Cl)CC2)o1. The van der Waals surface area contributed by atoms with Crippen molar-refractivity contribution in [1.29, 1.82) is 0 Å². The summed E-state index contributed by atoms with van der Waals surface area (Å²) < 4.78 is 18.6. The van der Waals surface area contributed by atoms with Crippen molar-refractivity contribution in [2.75, 3.05) is 26.2 Å². The van der Waals surface area contributed by atoms with Gasteiger partial charge in [0.05, 0.1) is 16.6 Å². The second-order valence-corrected chi connectivity index (χ2v) is 6.19. The minimum absolute atomic E-state index is 0.00198. The van der Waals surface area contributed by atoms with E-state index in [1.165, 1.54) is 12.1 Å². The molecule has 2 aromatic rings. The maximum atomic E-state index is 13.1. The lowest BCUT2D eigenvalue weighted by Gasteiger charge is -2.37. The molecule has 1 aliphatic rings. The van der Waals surface area contributed by atoms with Crippen LogP contribution in [-0.4, -0.2) is 52.1 Å². The Morgan fingerprint density at radius 1 is 1.29 bits per heavy atom. The second-order valence-electron chi connectivity index (χ2n) is 5.79. The molecule has 0 aliphatic carbocycles. The van der Waals surface area contributed by atoms with Gasteiger partial charge in [-0.25, -0.2) is 4.39 Å². The van der Waals surface area contributed by atoms with E-state index in [0.717, 1.165) is 6.07 Å². The van der Waals surface area contributed by atoms with Crippen molar-refractivity contribution < 1.29 is 13.6 Å². The van der Waals surface area contributed by atoms with E-state index in [2.05, 4.69) is 15.1 Å². The maximum Gasteiger partial charge on any atom is 0.255 e. The monoisotopic (exact) mass is 352 g/mol. The van der Waals surface area contributed by atoms with Crippen molar-refractivity contribution in [3.05, 3.63) is 46.4 Å². The van der Waals surface area contributed by atoms with Gasteiger partial charge in [0.25, 0.3) is 5.91 Å². The van der Waals surface area contributed by atoms with E-state index in [4.69, 9.17) is 16.0 Å². The Balaban J connectivity index is 1.63. The van der Waals surface area contributed by atoms with Crippen LogP contribution in [0.15, 0.2) is 22.6 Å². The molecular weight excluding hydrogens is 335 g/mol. The Morgan fingerprint density at radius 3 is 2.58 bits per heavy atom. The number of amides is 1. The summed E-state index contributed by atoms with van der Waals surface area (Å²) >= 11 is 5.98. The highest BCUT2D eigenvalue weighted by molar-refractivity contribution is 6.33. The predicted octanol–water partition coefficient (Wildman–Crippen LogP) is 2.69. The van der Waals surface area contributed by atoms with Crippen molar-refractivity contribution >= 4 is 17.5 Å². The number of carbonyl (C=O) groups is 1. The highest BCUT2D eigenvalue weighted by Gasteiger charge is 2.28. The summed E-state index contributed by atoms with van der Waals surface area (Å²) in [5.41, 5.74) is 0.326. The number of rotatable bonds is 3. The van der Waals surface area contributed by atoms with Gasteiger partial charge in [-0.15, -0.1) is 10.2 Å². The summed E-state index contributed by atoms with van der Waals surface area (Å²) in [5.74, 6) is 0.483. The first kappa shape index (κ1) is 16.9. The van der Waals surface area contributed by atoms with Crippen LogP contribution in [-0.2, 0) is 0 Å². The molecule has 24 heavy (non-hydrogen) atoms. The molecule has 1 atom stereocenters. The van der Waals surface area contributed by atoms with Gasteiger partial charge in [0.15, 0.2) is 0 Å². The zero-order valence-electron chi connectivity index (χ0n) is 13.5. The van der Waals surface area contributed by atoms with E-state index < -0.39 is 5.82 Å². The molecule has 1 aromatic heterocycles. The number of piperazine rings is 1. The number of aryl methyl sites for hydroxylation is 1. The molecule has 2 heterocycles. The molecule has 1 fully saturated rings. The van der Waals surface area contributed by atoms with Crippen LogP contribution in [0.25, 0.3) is 0 Å². The molecule has 6 nitrogen and oxygen atoms in total. The zero-order valence-corrected chi connectivity index (χ0v) is 14.3. The van der Waals surface area contributed by atoms with E-state index in [1.54, 1.807) is 11.8 Å². The van der Waals surface area contributed by atoms with Gasteiger partial charge < -0.3 is 9.32 Å². The number of nitrogens with zero attached hydrogens (tertiary/aromatic N) is 4. The first-order valence-electron chi connectivity index (χ1n) is 7.74. The molecule has 0 N–H and O–H groups in total. The molecule has 1 saturated heterocycles. The molecule has 128 valence electrons. The summed E-state index contributed by atoms with van der Waals surface area (Å²) in [6, 6.07) is 3.83. The molecule has 1 aliphatic heterocycles. The lowest BCUT2D eigenvalue weighted by molar-refractivity contribution is 0.0557. The highest BCUT2D eigenvalue weighted by Crippen LogP contribution is 2.23. The van der Waals surface area contributed by atoms with Crippen molar-refractivity contribution in [1.82, 2.24) is 20.0 Å². The van der Waals surface area contributed by atoms with E-state index >= 15 is 0 Å². The summed E-state index contributed by atoms with van der Waals surface area (Å²) in [4.78, 5) is 16.4. The number of benzene rings is 1. The van der Waals surface area contributed by atoms with Crippen molar-refractivity contribution in [3.63, 3.8) is 0 Å². The maximum absolute atomic E-state index is 13.1. The smallest absolute Gasteiger partial charge is 0.255 e. The van der Waals surface area contributed by atoms with Crippen LogP contribution in [0.4, 0.5) is 4.39 Å². The number of carbonyl (C=O) groups excluding carboxylic acids is 1. The molecule has 3 rings (SSSR count). The van der Waals surface area contributed by atoms with E-state index in [9.17, 15) is 9.18 Å². The first-order chi connectivity index (χ1) is 11.5. The topological polar surface area (TPSA) is 62.5 Å². The quantitative estimate of drug-likeness (QED) is 0.849. The summed E-state index contributed by atoms with van der Waals surface area (Å²) in [6.07, 6.45) is 0. The van der Waals surface area contributed by atoms with Crippen molar-refractivity contribution in [3.8, 4) is 0 Å². The standard InChI is InChI=1S/C16H18ClFN4O2/c1-10(15-20-19-11(2)24-15)21-5-7-22(8-6-21)16(23)13-4-3-12(18)9-14(13)17/h3-4,9-10H,5-8H2,1-2H3. The molecule has 1 aromatic carbocycles. The minimum atomic E-state index is -0.454. The largest absolute Gasteiger partial charge is 0.424 e. The van der Waals surface area contributed by atoms with Gasteiger partial charge in [0.2, 0.25) is 11.8 Å². The minimum Gasteiger partial charge on any atom is -0.424 e. The molecule has 0 saturated carbocycles. The van der Waals surface area contributed by atoms with Gasteiger partial charge in [-0.2, -0.15) is 0 Å². The normalized spacial score (nSPS) is 17.1. The molecular formula is C16H18ClFN4O2. The van der Waals surface area contributed by atoms with Crippen LogP contribution in [0.2, 0.25) is 5.02 Å².